The van der Waals surface area contributed by atoms with E-state index in [9.17, 15) is 13.2 Å². The van der Waals surface area contributed by atoms with Crippen molar-refractivity contribution in [3.8, 4) is 0 Å². The molecule has 4 heteroatoms. The van der Waals surface area contributed by atoms with Gasteiger partial charge >= 0.3 is 0 Å². The molecule has 0 spiro atoms. The van der Waals surface area contributed by atoms with E-state index in [1.54, 1.807) is 6.92 Å². The number of hydrogen-bond donors (Lipinski definition) is 0. The smallest absolute Gasteiger partial charge is 0.257 e. The van der Waals surface area contributed by atoms with Gasteiger partial charge < -0.3 is 0 Å². The van der Waals surface area contributed by atoms with Crippen LogP contribution in [0.1, 0.15) is 24.6 Å². The lowest BCUT2D eigenvalue weighted by Crippen LogP contribution is -1.96. The van der Waals surface area contributed by atoms with Crippen molar-refractivity contribution in [1.29, 1.82) is 0 Å². The van der Waals surface area contributed by atoms with E-state index in [0.29, 0.717) is 0 Å². The average molecular weight is 174 g/mol. The molecule has 1 rings (SSSR count). The lowest BCUT2D eigenvalue weighted by atomic mass is 10.1. The average Bonchev–Trinajstić information content (AvgIpc) is 2.04. The SMILES string of the molecule is C[CH]c1ncc(F)cc1C(F)F. The van der Waals surface area contributed by atoms with Crippen molar-refractivity contribution in [3.63, 3.8) is 0 Å². The van der Waals surface area contributed by atoms with Crippen LogP contribution in [-0.4, -0.2) is 4.98 Å². The fourth-order valence-electron chi connectivity index (χ4n) is 0.881. The second kappa shape index (κ2) is 3.56. The van der Waals surface area contributed by atoms with Crippen LogP contribution in [-0.2, 0) is 0 Å². The molecular weight excluding hydrogens is 167 g/mol. The van der Waals surface area contributed by atoms with Gasteiger partial charge in [0, 0.05) is 12.0 Å². The predicted molar refractivity (Wildman–Crippen MR) is 38.2 cm³/mol. The first-order chi connectivity index (χ1) is 5.65. The van der Waals surface area contributed by atoms with Gasteiger partial charge in [0.2, 0.25) is 0 Å². The Bertz CT molecular complexity index is 273. The van der Waals surface area contributed by atoms with Gasteiger partial charge in [-0.15, -0.1) is 0 Å². The summed E-state index contributed by atoms with van der Waals surface area (Å²) in [6.07, 6.45) is -0.346. The molecule has 0 saturated heterocycles. The molecule has 1 nitrogen and oxygen atoms in total. The summed E-state index contributed by atoms with van der Waals surface area (Å²) in [5.41, 5.74) is -0.232. The molecule has 0 amide bonds. The Kier molecular flexibility index (Phi) is 2.68. The largest absolute Gasteiger partial charge is 0.265 e. The molecule has 0 aliphatic rings. The molecule has 0 atom stereocenters. The maximum Gasteiger partial charge on any atom is 0.265 e. The lowest BCUT2D eigenvalue weighted by molar-refractivity contribution is 0.149. The molecule has 1 radical (unpaired) electrons. The fourth-order valence-corrected chi connectivity index (χ4v) is 0.881. The quantitative estimate of drug-likeness (QED) is 0.671. The Labute approximate surface area is 68.2 Å². The van der Waals surface area contributed by atoms with Crippen molar-refractivity contribution in [3.05, 3.63) is 35.8 Å². The van der Waals surface area contributed by atoms with Gasteiger partial charge in [-0.3, -0.25) is 4.98 Å². The van der Waals surface area contributed by atoms with Gasteiger partial charge in [-0.25, -0.2) is 13.2 Å². The first kappa shape index (κ1) is 9.03. The molecule has 0 N–H and O–H groups in total. The van der Waals surface area contributed by atoms with E-state index in [-0.39, 0.29) is 11.3 Å². The standard InChI is InChI=1S/C8H7F3N/c1-2-7-6(8(10)11)3-5(9)4-12-7/h2-4,8H,1H3. The van der Waals surface area contributed by atoms with E-state index in [1.165, 1.54) is 6.42 Å². The van der Waals surface area contributed by atoms with Crippen LogP contribution >= 0.6 is 0 Å². The zero-order valence-electron chi connectivity index (χ0n) is 6.39. The normalized spacial score (nSPS) is 10.8. The summed E-state index contributed by atoms with van der Waals surface area (Å²) in [5, 5.41) is 0. The topological polar surface area (TPSA) is 12.9 Å². The van der Waals surface area contributed by atoms with Crippen LogP contribution < -0.4 is 0 Å². The number of pyridine rings is 1. The van der Waals surface area contributed by atoms with Crippen LogP contribution in [0, 0.1) is 12.2 Å². The Hall–Kier alpha value is -1.06. The van der Waals surface area contributed by atoms with Crippen molar-refractivity contribution in [2.24, 2.45) is 0 Å². The molecule has 1 aromatic heterocycles. The molecule has 12 heavy (non-hydrogen) atoms. The zero-order chi connectivity index (χ0) is 9.14. The van der Waals surface area contributed by atoms with Crippen LogP contribution in [0.4, 0.5) is 13.2 Å². The third-order valence-electron chi connectivity index (χ3n) is 1.42. The van der Waals surface area contributed by atoms with Gasteiger partial charge in [0.15, 0.2) is 0 Å². The maximum absolute atomic E-state index is 12.4. The first-order valence-electron chi connectivity index (χ1n) is 3.38. The molecular formula is C8H7F3N. The summed E-state index contributed by atoms with van der Waals surface area (Å²) in [7, 11) is 0. The molecule has 0 unspecified atom stereocenters. The number of halogens is 3. The molecule has 0 aromatic carbocycles. The Morgan fingerprint density at radius 3 is 2.67 bits per heavy atom. The summed E-state index contributed by atoms with van der Waals surface area (Å²) >= 11 is 0. The first-order valence-corrected chi connectivity index (χ1v) is 3.38. The van der Waals surface area contributed by atoms with Crippen molar-refractivity contribution >= 4 is 0 Å². The summed E-state index contributed by atoms with van der Waals surface area (Å²) in [4.78, 5) is 3.51. The van der Waals surface area contributed by atoms with E-state index in [0.717, 1.165) is 12.3 Å². The van der Waals surface area contributed by atoms with Gasteiger partial charge in [0.25, 0.3) is 6.43 Å². The summed E-state index contributed by atoms with van der Waals surface area (Å²) in [6.45, 7) is 1.58. The van der Waals surface area contributed by atoms with E-state index >= 15 is 0 Å². The Morgan fingerprint density at radius 1 is 1.50 bits per heavy atom. The van der Waals surface area contributed by atoms with Gasteiger partial charge in [-0.1, -0.05) is 6.92 Å². The summed E-state index contributed by atoms with van der Waals surface area (Å²) in [6, 6.07) is 0.799. The minimum atomic E-state index is -2.68. The van der Waals surface area contributed by atoms with Crippen molar-refractivity contribution in [2.45, 2.75) is 13.3 Å². The number of rotatable bonds is 2. The highest BCUT2D eigenvalue weighted by Crippen LogP contribution is 2.22. The van der Waals surface area contributed by atoms with Crippen LogP contribution in [0.3, 0.4) is 0 Å². The molecule has 0 aliphatic heterocycles. The van der Waals surface area contributed by atoms with Crippen molar-refractivity contribution in [2.75, 3.05) is 0 Å². The number of aromatic nitrogens is 1. The summed E-state index contributed by atoms with van der Waals surface area (Å²) in [5.74, 6) is -0.740. The molecule has 0 saturated carbocycles. The minimum Gasteiger partial charge on any atom is -0.257 e. The van der Waals surface area contributed by atoms with Gasteiger partial charge in [-0.05, 0) is 6.07 Å². The van der Waals surface area contributed by atoms with E-state index in [4.69, 9.17) is 0 Å². The van der Waals surface area contributed by atoms with Gasteiger partial charge in [0.05, 0.1) is 11.9 Å². The predicted octanol–water partition coefficient (Wildman–Crippen LogP) is 2.73. The second-order valence-corrected chi connectivity index (χ2v) is 2.22. The lowest BCUT2D eigenvalue weighted by Gasteiger charge is -2.04. The molecule has 0 fully saturated rings. The second-order valence-electron chi connectivity index (χ2n) is 2.22. The molecule has 1 heterocycles. The summed E-state index contributed by atoms with van der Waals surface area (Å²) < 4.78 is 36.8. The van der Waals surface area contributed by atoms with E-state index in [1.807, 2.05) is 0 Å². The highest BCUT2D eigenvalue weighted by atomic mass is 19.3. The molecule has 0 bridgehead atoms. The van der Waals surface area contributed by atoms with Gasteiger partial charge in [0.1, 0.15) is 5.82 Å². The maximum atomic E-state index is 12.4. The monoisotopic (exact) mass is 174 g/mol. The third-order valence-corrected chi connectivity index (χ3v) is 1.42. The van der Waals surface area contributed by atoms with Crippen LogP contribution in [0.5, 0.6) is 0 Å². The minimum absolute atomic E-state index is 0.131. The van der Waals surface area contributed by atoms with Crippen LogP contribution in [0.2, 0.25) is 0 Å². The van der Waals surface area contributed by atoms with E-state index in [2.05, 4.69) is 4.98 Å². The number of alkyl halides is 2. The third kappa shape index (κ3) is 1.75. The van der Waals surface area contributed by atoms with Crippen molar-refractivity contribution < 1.29 is 13.2 Å². The fraction of sp³-hybridized carbons (Fsp3) is 0.250. The van der Waals surface area contributed by atoms with E-state index < -0.39 is 12.2 Å². The Balaban J connectivity index is 3.12. The Morgan fingerprint density at radius 2 is 2.17 bits per heavy atom. The molecule has 0 aliphatic carbocycles. The van der Waals surface area contributed by atoms with Crippen molar-refractivity contribution in [1.82, 2.24) is 4.98 Å². The highest BCUT2D eigenvalue weighted by Gasteiger charge is 2.13. The number of nitrogens with zero attached hydrogens (tertiary/aromatic N) is 1. The van der Waals surface area contributed by atoms with Crippen LogP contribution in [0.15, 0.2) is 12.3 Å². The molecule has 1 aromatic rings. The van der Waals surface area contributed by atoms with Gasteiger partial charge in [-0.2, -0.15) is 0 Å². The number of hydrogen-bond acceptors (Lipinski definition) is 1. The molecule has 65 valence electrons. The zero-order valence-corrected chi connectivity index (χ0v) is 6.39. The van der Waals surface area contributed by atoms with Crippen LogP contribution in [0.25, 0.3) is 0 Å². The highest BCUT2D eigenvalue weighted by molar-refractivity contribution is 5.26.